The van der Waals surface area contributed by atoms with E-state index in [4.69, 9.17) is 0 Å². The molecule has 2 aliphatic heterocycles. The predicted octanol–water partition coefficient (Wildman–Crippen LogP) is 0.943. The van der Waals surface area contributed by atoms with Gasteiger partial charge in [-0.1, -0.05) is 0 Å². The van der Waals surface area contributed by atoms with Crippen molar-refractivity contribution in [3.05, 3.63) is 23.7 Å². The van der Waals surface area contributed by atoms with Crippen LogP contribution < -0.4 is 5.32 Å². The third-order valence-electron chi connectivity index (χ3n) is 1.98. The van der Waals surface area contributed by atoms with Crippen molar-refractivity contribution in [2.45, 2.75) is 20.3 Å². The Morgan fingerprint density at radius 1 is 1.54 bits per heavy atom. The fraction of sp³-hybridized carbons (Fsp3) is 0.333. The lowest BCUT2D eigenvalue weighted by Gasteiger charge is -2.26. The van der Waals surface area contributed by atoms with Gasteiger partial charge in [0, 0.05) is 24.0 Å². The van der Waals surface area contributed by atoms with Gasteiger partial charge in [0.05, 0.1) is 0 Å². The molecule has 0 aromatic carbocycles. The molecular formula is C9H11N3O. The van der Waals surface area contributed by atoms with E-state index in [1.54, 1.807) is 5.01 Å². The SMILES string of the molecule is CC1=CN2N=C(C)CC=C2C(=O)N1. The number of carbonyl (C=O) groups excluding carboxylic acids is 1. The Bertz CT molecular complexity index is 352. The van der Waals surface area contributed by atoms with Crippen molar-refractivity contribution in [2.24, 2.45) is 5.10 Å². The van der Waals surface area contributed by atoms with Crippen LogP contribution >= 0.6 is 0 Å². The van der Waals surface area contributed by atoms with Crippen molar-refractivity contribution < 1.29 is 4.79 Å². The van der Waals surface area contributed by atoms with Crippen LogP contribution in [0.4, 0.5) is 0 Å². The fourth-order valence-corrected chi connectivity index (χ4v) is 1.37. The molecule has 0 atom stereocenters. The Kier molecular flexibility index (Phi) is 1.69. The average molecular weight is 177 g/mol. The molecule has 1 N–H and O–H groups in total. The summed E-state index contributed by atoms with van der Waals surface area (Å²) in [5, 5.41) is 8.62. The standard InChI is InChI=1S/C9H11N3O/c1-6-3-4-8-9(13)10-7(2)5-12(8)11-6/h4-5H,3H2,1-2H3,(H,10,13). The lowest BCUT2D eigenvalue weighted by Crippen LogP contribution is -2.36. The summed E-state index contributed by atoms with van der Waals surface area (Å²) < 4.78 is 0. The Labute approximate surface area is 76.6 Å². The van der Waals surface area contributed by atoms with Crippen LogP contribution in [-0.4, -0.2) is 16.6 Å². The monoisotopic (exact) mass is 177 g/mol. The van der Waals surface area contributed by atoms with E-state index in [0.717, 1.165) is 17.8 Å². The average Bonchev–Trinajstić information content (AvgIpc) is 2.02. The van der Waals surface area contributed by atoms with Crippen LogP contribution in [0.5, 0.6) is 0 Å². The molecule has 0 aliphatic carbocycles. The van der Waals surface area contributed by atoms with Gasteiger partial charge in [-0.2, -0.15) is 5.10 Å². The molecule has 0 radical (unpaired) electrons. The second kappa shape index (κ2) is 2.73. The molecule has 0 bridgehead atoms. The van der Waals surface area contributed by atoms with Gasteiger partial charge < -0.3 is 5.32 Å². The van der Waals surface area contributed by atoms with Crippen molar-refractivity contribution in [1.82, 2.24) is 10.3 Å². The fourth-order valence-electron chi connectivity index (χ4n) is 1.37. The highest BCUT2D eigenvalue weighted by molar-refractivity contribution is 5.97. The first-order valence-electron chi connectivity index (χ1n) is 4.20. The molecule has 4 nitrogen and oxygen atoms in total. The smallest absolute Gasteiger partial charge is 0.273 e. The van der Waals surface area contributed by atoms with Gasteiger partial charge in [-0.25, -0.2) is 5.01 Å². The van der Waals surface area contributed by atoms with Crippen LogP contribution in [0.3, 0.4) is 0 Å². The van der Waals surface area contributed by atoms with Gasteiger partial charge in [0.1, 0.15) is 5.70 Å². The summed E-state index contributed by atoms with van der Waals surface area (Å²) >= 11 is 0. The zero-order chi connectivity index (χ0) is 9.42. The Hall–Kier alpha value is -1.58. The highest BCUT2D eigenvalue weighted by Gasteiger charge is 2.23. The zero-order valence-electron chi connectivity index (χ0n) is 7.66. The Morgan fingerprint density at radius 2 is 2.31 bits per heavy atom. The third-order valence-corrected chi connectivity index (χ3v) is 1.98. The second-order valence-electron chi connectivity index (χ2n) is 3.24. The molecule has 13 heavy (non-hydrogen) atoms. The topological polar surface area (TPSA) is 44.7 Å². The largest absolute Gasteiger partial charge is 0.323 e. The van der Waals surface area contributed by atoms with Crippen molar-refractivity contribution in [2.75, 3.05) is 0 Å². The summed E-state index contributed by atoms with van der Waals surface area (Å²) in [4.78, 5) is 11.4. The lowest BCUT2D eigenvalue weighted by molar-refractivity contribution is -0.118. The van der Waals surface area contributed by atoms with Gasteiger partial charge in [-0.3, -0.25) is 4.79 Å². The molecule has 68 valence electrons. The minimum Gasteiger partial charge on any atom is -0.323 e. The molecule has 0 aromatic rings. The van der Waals surface area contributed by atoms with Crippen molar-refractivity contribution >= 4 is 11.6 Å². The third kappa shape index (κ3) is 1.35. The summed E-state index contributed by atoms with van der Waals surface area (Å²) in [7, 11) is 0. The van der Waals surface area contributed by atoms with Crippen LogP contribution in [0.1, 0.15) is 20.3 Å². The molecular weight excluding hydrogens is 166 g/mol. The normalized spacial score (nSPS) is 21.2. The minimum atomic E-state index is -0.0729. The number of rotatable bonds is 0. The number of amides is 1. The van der Waals surface area contributed by atoms with Crippen LogP contribution in [0.15, 0.2) is 28.8 Å². The first-order chi connectivity index (χ1) is 6.16. The maximum Gasteiger partial charge on any atom is 0.273 e. The summed E-state index contributed by atoms with van der Waals surface area (Å²) in [5.41, 5.74) is 2.46. The molecule has 2 rings (SSSR count). The summed E-state index contributed by atoms with van der Waals surface area (Å²) in [6.45, 7) is 3.79. The number of fused-ring (bicyclic) bond motifs is 1. The molecule has 0 spiro atoms. The van der Waals surface area contributed by atoms with Crippen molar-refractivity contribution in [3.8, 4) is 0 Å². The molecule has 2 heterocycles. The van der Waals surface area contributed by atoms with E-state index < -0.39 is 0 Å². The number of hydrazone groups is 1. The zero-order valence-corrected chi connectivity index (χ0v) is 7.66. The van der Waals surface area contributed by atoms with Crippen LogP contribution in [0, 0.1) is 0 Å². The maximum atomic E-state index is 11.4. The Morgan fingerprint density at radius 3 is 3.08 bits per heavy atom. The molecule has 0 saturated heterocycles. The summed E-state index contributed by atoms with van der Waals surface area (Å²) in [6, 6.07) is 0. The van der Waals surface area contributed by atoms with Crippen molar-refractivity contribution in [3.63, 3.8) is 0 Å². The van der Waals surface area contributed by atoms with Crippen LogP contribution in [0.25, 0.3) is 0 Å². The van der Waals surface area contributed by atoms with Gasteiger partial charge in [0.2, 0.25) is 0 Å². The van der Waals surface area contributed by atoms with E-state index in [1.807, 2.05) is 26.1 Å². The number of nitrogens with zero attached hydrogens (tertiary/aromatic N) is 2. The number of hydrogen-bond acceptors (Lipinski definition) is 3. The number of carbonyl (C=O) groups is 1. The van der Waals surface area contributed by atoms with Gasteiger partial charge in [0.15, 0.2) is 0 Å². The Balaban J connectivity index is 2.39. The first kappa shape index (κ1) is 8.04. The predicted molar refractivity (Wildman–Crippen MR) is 49.5 cm³/mol. The number of hydrogen-bond donors (Lipinski definition) is 1. The molecule has 1 amide bonds. The van der Waals surface area contributed by atoms with E-state index in [2.05, 4.69) is 10.4 Å². The quantitative estimate of drug-likeness (QED) is 0.598. The second-order valence-corrected chi connectivity index (χ2v) is 3.24. The van der Waals surface area contributed by atoms with E-state index in [1.165, 1.54) is 0 Å². The summed E-state index contributed by atoms with van der Waals surface area (Å²) in [5.74, 6) is -0.0729. The molecule has 0 saturated carbocycles. The lowest BCUT2D eigenvalue weighted by atomic mass is 10.2. The van der Waals surface area contributed by atoms with E-state index in [-0.39, 0.29) is 5.91 Å². The maximum absolute atomic E-state index is 11.4. The van der Waals surface area contributed by atoms with E-state index in [0.29, 0.717) is 5.70 Å². The number of allylic oxidation sites excluding steroid dienone is 2. The molecule has 0 fully saturated rings. The van der Waals surface area contributed by atoms with Gasteiger partial charge in [-0.05, 0) is 19.9 Å². The highest BCUT2D eigenvalue weighted by atomic mass is 16.2. The molecule has 2 aliphatic rings. The highest BCUT2D eigenvalue weighted by Crippen LogP contribution is 2.18. The van der Waals surface area contributed by atoms with E-state index >= 15 is 0 Å². The summed E-state index contributed by atoms with van der Waals surface area (Å²) in [6.07, 6.45) is 4.46. The number of nitrogens with one attached hydrogen (secondary N) is 1. The molecule has 0 unspecified atom stereocenters. The van der Waals surface area contributed by atoms with Gasteiger partial charge >= 0.3 is 0 Å². The van der Waals surface area contributed by atoms with Crippen LogP contribution in [0.2, 0.25) is 0 Å². The van der Waals surface area contributed by atoms with Gasteiger partial charge in [-0.15, -0.1) is 0 Å². The van der Waals surface area contributed by atoms with E-state index in [9.17, 15) is 4.79 Å². The molecule has 0 aromatic heterocycles. The van der Waals surface area contributed by atoms with Gasteiger partial charge in [0.25, 0.3) is 5.91 Å². The van der Waals surface area contributed by atoms with Crippen LogP contribution in [-0.2, 0) is 4.79 Å². The first-order valence-corrected chi connectivity index (χ1v) is 4.20. The van der Waals surface area contributed by atoms with Crippen molar-refractivity contribution in [1.29, 1.82) is 0 Å². The molecule has 4 heteroatoms. The minimum absolute atomic E-state index is 0.0729.